The molecule has 3 aromatic heterocycles. The molecule has 18 heavy (non-hydrogen) atoms. The van der Waals surface area contributed by atoms with Gasteiger partial charge in [0, 0.05) is 18.3 Å². The minimum absolute atomic E-state index is 0.682. The maximum atomic E-state index is 4.47. The van der Waals surface area contributed by atoms with Crippen LogP contribution in [0.15, 0.2) is 18.6 Å². The fourth-order valence-corrected chi connectivity index (χ4v) is 2.37. The van der Waals surface area contributed by atoms with Crippen LogP contribution < -0.4 is 0 Å². The van der Waals surface area contributed by atoms with Gasteiger partial charge in [-0.2, -0.15) is 13.8 Å². The van der Waals surface area contributed by atoms with Gasteiger partial charge in [-0.25, -0.2) is 9.97 Å². The molecule has 0 saturated heterocycles. The molecule has 4 rings (SSSR count). The summed E-state index contributed by atoms with van der Waals surface area (Å²) in [7, 11) is 0. The Labute approximate surface area is 107 Å². The zero-order valence-corrected chi connectivity index (χ0v) is 10.3. The Morgan fingerprint density at radius 3 is 3.11 bits per heavy atom. The van der Waals surface area contributed by atoms with E-state index in [9.17, 15) is 0 Å². The van der Waals surface area contributed by atoms with Gasteiger partial charge in [-0.15, -0.1) is 0 Å². The Hall–Kier alpha value is -1.89. The van der Waals surface area contributed by atoms with Crippen molar-refractivity contribution in [2.24, 2.45) is 5.92 Å². The van der Waals surface area contributed by atoms with Gasteiger partial charge in [-0.05, 0) is 24.8 Å². The number of hydrogen-bond acceptors (Lipinski definition) is 6. The molecule has 0 N–H and O–H groups in total. The number of pyridine rings is 1. The van der Waals surface area contributed by atoms with Crippen LogP contribution >= 0.6 is 11.7 Å². The molecule has 0 spiro atoms. The van der Waals surface area contributed by atoms with Crippen molar-refractivity contribution in [3.63, 3.8) is 0 Å². The molecule has 6 nitrogen and oxygen atoms in total. The second-order valence-corrected chi connectivity index (χ2v) is 5.09. The average molecular weight is 258 g/mol. The molecule has 1 saturated carbocycles. The Kier molecular flexibility index (Phi) is 2.13. The second-order valence-electron chi connectivity index (χ2n) is 4.56. The maximum Gasteiger partial charge on any atom is 0.193 e. The monoisotopic (exact) mass is 258 g/mol. The lowest BCUT2D eigenvalue weighted by atomic mass is 10.2. The molecule has 0 unspecified atom stereocenters. The zero-order chi connectivity index (χ0) is 11.9. The third-order valence-corrected chi connectivity index (χ3v) is 3.58. The van der Waals surface area contributed by atoms with Crippen molar-refractivity contribution in [3.05, 3.63) is 18.6 Å². The van der Waals surface area contributed by atoms with E-state index in [4.69, 9.17) is 0 Å². The lowest BCUT2D eigenvalue weighted by Crippen LogP contribution is -2.00. The van der Waals surface area contributed by atoms with Crippen LogP contribution in [0.3, 0.4) is 0 Å². The maximum absolute atomic E-state index is 4.47. The van der Waals surface area contributed by atoms with E-state index in [1.165, 1.54) is 24.6 Å². The normalized spacial score (nSPS) is 15.3. The Balaban J connectivity index is 1.69. The summed E-state index contributed by atoms with van der Waals surface area (Å²) in [4.78, 5) is 8.57. The first-order chi connectivity index (χ1) is 8.88. The first-order valence-corrected chi connectivity index (χ1v) is 6.60. The predicted octanol–water partition coefficient (Wildman–Crippen LogP) is 1.75. The van der Waals surface area contributed by atoms with Gasteiger partial charge in [0.05, 0.1) is 11.7 Å². The van der Waals surface area contributed by atoms with E-state index in [-0.39, 0.29) is 0 Å². The molecule has 1 fully saturated rings. The summed E-state index contributed by atoms with van der Waals surface area (Å²) in [5, 5.41) is 4.47. The van der Waals surface area contributed by atoms with Gasteiger partial charge in [0.2, 0.25) is 0 Å². The van der Waals surface area contributed by atoms with Crippen LogP contribution in [-0.2, 0) is 6.54 Å². The van der Waals surface area contributed by atoms with E-state index in [1.54, 1.807) is 12.5 Å². The SMILES string of the molecule is c1nc2nsnc2cc1-c1ncn(CC2CC2)n1. The van der Waals surface area contributed by atoms with Crippen molar-refractivity contribution in [2.45, 2.75) is 19.4 Å². The average Bonchev–Trinajstić information content (AvgIpc) is 2.91. The van der Waals surface area contributed by atoms with Crippen LogP contribution in [0, 0.1) is 5.92 Å². The Morgan fingerprint density at radius 1 is 1.28 bits per heavy atom. The first kappa shape index (κ1) is 10.1. The summed E-state index contributed by atoms with van der Waals surface area (Å²) in [6.07, 6.45) is 6.16. The highest BCUT2D eigenvalue weighted by molar-refractivity contribution is 7.00. The van der Waals surface area contributed by atoms with E-state index >= 15 is 0 Å². The van der Waals surface area contributed by atoms with E-state index < -0.39 is 0 Å². The lowest BCUT2D eigenvalue weighted by molar-refractivity contribution is 0.563. The molecule has 0 aliphatic heterocycles. The van der Waals surface area contributed by atoms with E-state index in [1.807, 2.05) is 10.7 Å². The van der Waals surface area contributed by atoms with Gasteiger partial charge >= 0.3 is 0 Å². The van der Waals surface area contributed by atoms with Gasteiger partial charge in [0.25, 0.3) is 0 Å². The van der Waals surface area contributed by atoms with E-state index in [0.717, 1.165) is 23.5 Å². The molecule has 90 valence electrons. The Morgan fingerprint density at radius 2 is 2.22 bits per heavy atom. The zero-order valence-electron chi connectivity index (χ0n) is 9.52. The molecular weight excluding hydrogens is 248 g/mol. The highest BCUT2D eigenvalue weighted by atomic mass is 32.1. The molecule has 0 aromatic carbocycles. The van der Waals surface area contributed by atoms with Gasteiger partial charge in [0.15, 0.2) is 11.5 Å². The van der Waals surface area contributed by atoms with Gasteiger partial charge < -0.3 is 0 Å². The summed E-state index contributed by atoms with van der Waals surface area (Å²) in [6.45, 7) is 0.973. The van der Waals surface area contributed by atoms with Crippen LogP contribution in [0.1, 0.15) is 12.8 Å². The number of fused-ring (bicyclic) bond motifs is 1. The molecule has 0 bridgehead atoms. The number of aromatic nitrogens is 6. The summed E-state index contributed by atoms with van der Waals surface area (Å²) < 4.78 is 10.2. The molecule has 0 atom stereocenters. The molecule has 3 aromatic rings. The van der Waals surface area contributed by atoms with Gasteiger partial charge in [-0.1, -0.05) is 0 Å². The summed E-state index contributed by atoms with van der Waals surface area (Å²) >= 11 is 1.17. The van der Waals surface area contributed by atoms with Crippen LogP contribution in [0.5, 0.6) is 0 Å². The topological polar surface area (TPSA) is 69.4 Å². The Bertz CT molecular complexity index is 698. The molecule has 7 heteroatoms. The fraction of sp³-hybridized carbons (Fsp3) is 0.364. The second kappa shape index (κ2) is 3.81. The first-order valence-electron chi connectivity index (χ1n) is 5.86. The largest absolute Gasteiger partial charge is 0.252 e. The van der Waals surface area contributed by atoms with Crippen molar-refractivity contribution >= 4 is 22.9 Å². The number of hydrogen-bond donors (Lipinski definition) is 0. The summed E-state index contributed by atoms with van der Waals surface area (Å²) in [5.41, 5.74) is 2.38. The lowest BCUT2D eigenvalue weighted by Gasteiger charge is -1.96. The third kappa shape index (κ3) is 1.76. The third-order valence-electron chi connectivity index (χ3n) is 3.05. The van der Waals surface area contributed by atoms with Crippen molar-refractivity contribution < 1.29 is 0 Å². The minimum Gasteiger partial charge on any atom is -0.252 e. The van der Waals surface area contributed by atoms with Gasteiger partial charge in [0.1, 0.15) is 11.8 Å². The van der Waals surface area contributed by atoms with E-state index in [0.29, 0.717) is 11.5 Å². The van der Waals surface area contributed by atoms with Gasteiger partial charge in [-0.3, -0.25) is 4.68 Å². The quantitative estimate of drug-likeness (QED) is 0.716. The molecule has 1 aliphatic carbocycles. The van der Waals surface area contributed by atoms with Crippen LogP contribution in [0.4, 0.5) is 0 Å². The van der Waals surface area contributed by atoms with E-state index in [2.05, 4.69) is 23.8 Å². The van der Waals surface area contributed by atoms with Crippen molar-refractivity contribution in [1.82, 2.24) is 28.5 Å². The van der Waals surface area contributed by atoms with Crippen molar-refractivity contribution in [3.8, 4) is 11.4 Å². The van der Waals surface area contributed by atoms with Crippen LogP contribution in [0.25, 0.3) is 22.6 Å². The molecule has 3 heterocycles. The molecule has 0 amide bonds. The highest BCUT2D eigenvalue weighted by Gasteiger charge is 2.22. The smallest absolute Gasteiger partial charge is 0.193 e. The molecular formula is C11H10N6S. The van der Waals surface area contributed by atoms with Crippen molar-refractivity contribution in [1.29, 1.82) is 0 Å². The van der Waals surface area contributed by atoms with Crippen LogP contribution in [-0.4, -0.2) is 28.5 Å². The van der Waals surface area contributed by atoms with Crippen LogP contribution in [0.2, 0.25) is 0 Å². The summed E-state index contributed by atoms with van der Waals surface area (Å²) in [5.74, 6) is 1.50. The molecule has 1 aliphatic rings. The predicted molar refractivity (Wildman–Crippen MR) is 67.0 cm³/mol. The summed E-state index contributed by atoms with van der Waals surface area (Å²) in [6, 6.07) is 1.93. The minimum atomic E-state index is 0.682. The van der Waals surface area contributed by atoms with Crippen molar-refractivity contribution in [2.75, 3.05) is 0 Å². The fourth-order valence-electron chi connectivity index (χ4n) is 1.89. The standard InChI is InChI=1S/C11H10N6S/c1-2-7(1)5-17-6-13-10(14-17)8-3-9-11(12-4-8)16-18-15-9/h3-4,6-7H,1-2,5H2. The number of rotatable bonds is 3. The molecule has 0 radical (unpaired) electrons. The number of nitrogens with zero attached hydrogens (tertiary/aromatic N) is 6. The highest BCUT2D eigenvalue weighted by Crippen LogP contribution is 2.30.